The minimum absolute atomic E-state index is 0.0362. The van der Waals surface area contributed by atoms with Gasteiger partial charge in [0.15, 0.2) is 0 Å². The van der Waals surface area contributed by atoms with Crippen LogP contribution in [0.25, 0.3) is 11.5 Å². The molecule has 5 nitrogen and oxygen atoms in total. The van der Waals surface area contributed by atoms with Crippen LogP contribution in [0.1, 0.15) is 38.2 Å². The molecule has 1 aromatic carbocycles. The third-order valence-electron chi connectivity index (χ3n) is 4.46. The molecule has 2 atom stereocenters. The second-order valence-corrected chi connectivity index (χ2v) is 7.39. The molecule has 1 saturated carbocycles. The molecule has 1 N–H and O–H groups in total. The molecule has 24 heavy (non-hydrogen) atoms. The van der Waals surface area contributed by atoms with E-state index in [0.29, 0.717) is 28.8 Å². The van der Waals surface area contributed by atoms with Gasteiger partial charge in [0.2, 0.25) is 11.8 Å². The number of hydrogen-bond donors (Lipinski definition) is 1. The van der Waals surface area contributed by atoms with Crippen LogP contribution in [0.4, 0.5) is 0 Å². The first-order valence-corrected chi connectivity index (χ1v) is 9.43. The van der Waals surface area contributed by atoms with Gasteiger partial charge in [0.25, 0.3) is 5.22 Å². The van der Waals surface area contributed by atoms with Crippen molar-refractivity contribution >= 4 is 17.7 Å². The standard InChI is InChI=1S/C18H23N3O2S/c1-12-6-5-8-14(10-12)17-20-21-18(23-17)24-11-16(22)19-15-9-4-3-7-13(15)2/h5-6,8,10,13,15H,3-4,7,9,11H2,1-2H3,(H,19,22)/t13-,15+/m1/s1. The second-order valence-electron chi connectivity index (χ2n) is 6.47. The summed E-state index contributed by atoms with van der Waals surface area (Å²) in [6, 6.07) is 8.22. The number of carbonyl (C=O) groups excluding carboxylic acids is 1. The highest BCUT2D eigenvalue weighted by Crippen LogP contribution is 2.25. The van der Waals surface area contributed by atoms with Crippen molar-refractivity contribution in [1.29, 1.82) is 0 Å². The van der Waals surface area contributed by atoms with Gasteiger partial charge in [-0.1, -0.05) is 49.2 Å². The Labute approximate surface area is 146 Å². The van der Waals surface area contributed by atoms with Gasteiger partial charge in [0, 0.05) is 11.6 Å². The quantitative estimate of drug-likeness (QED) is 0.834. The maximum atomic E-state index is 12.1. The number of aryl methyl sites for hydroxylation is 1. The molecule has 1 heterocycles. The van der Waals surface area contributed by atoms with Crippen molar-refractivity contribution in [1.82, 2.24) is 15.5 Å². The van der Waals surface area contributed by atoms with Crippen molar-refractivity contribution < 1.29 is 9.21 Å². The summed E-state index contributed by atoms with van der Waals surface area (Å²) < 4.78 is 5.65. The molecule has 6 heteroatoms. The van der Waals surface area contributed by atoms with Gasteiger partial charge >= 0.3 is 0 Å². The topological polar surface area (TPSA) is 68.0 Å². The van der Waals surface area contributed by atoms with Crippen LogP contribution >= 0.6 is 11.8 Å². The number of hydrogen-bond acceptors (Lipinski definition) is 5. The molecule has 0 unspecified atom stereocenters. The van der Waals surface area contributed by atoms with E-state index < -0.39 is 0 Å². The highest BCUT2D eigenvalue weighted by molar-refractivity contribution is 7.99. The first-order chi connectivity index (χ1) is 11.6. The maximum absolute atomic E-state index is 12.1. The molecule has 1 aromatic heterocycles. The Morgan fingerprint density at radius 1 is 1.33 bits per heavy atom. The van der Waals surface area contributed by atoms with Crippen molar-refractivity contribution in [3.63, 3.8) is 0 Å². The number of amides is 1. The van der Waals surface area contributed by atoms with Crippen LogP contribution in [0.5, 0.6) is 0 Å². The molecule has 1 aliphatic carbocycles. The van der Waals surface area contributed by atoms with Crippen LogP contribution in [0.3, 0.4) is 0 Å². The number of aromatic nitrogens is 2. The van der Waals surface area contributed by atoms with Gasteiger partial charge in [-0.15, -0.1) is 10.2 Å². The molecule has 3 rings (SSSR count). The summed E-state index contributed by atoms with van der Waals surface area (Å²) >= 11 is 1.29. The second kappa shape index (κ2) is 7.83. The van der Waals surface area contributed by atoms with E-state index in [-0.39, 0.29) is 5.91 Å². The zero-order valence-corrected chi connectivity index (χ0v) is 14.9. The summed E-state index contributed by atoms with van der Waals surface area (Å²) in [6.45, 7) is 4.23. The molecule has 2 aromatic rings. The summed E-state index contributed by atoms with van der Waals surface area (Å²) in [4.78, 5) is 12.1. The van der Waals surface area contributed by atoms with Crippen molar-refractivity contribution in [3.8, 4) is 11.5 Å². The average Bonchev–Trinajstić information content (AvgIpc) is 3.04. The van der Waals surface area contributed by atoms with Crippen molar-refractivity contribution in [2.75, 3.05) is 5.75 Å². The van der Waals surface area contributed by atoms with Gasteiger partial charge in [-0.25, -0.2) is 0 Å². The fraction of sp³-hybridized carbons (Fsp3) is 0.500. The van der Waals surface area contributed by atoms with Crippen LogP contribution in [0, 0.1) is 12.8 Å². The Hall–Kier alpha value is -1.82. The Morgan fingerprint density at radius 3 is 2.96 bits per heavy atom. The van der Waals surface area contributed by atoms with Gasteiger partial charge in [0.05, 0.1) is 5.75 Å². The minimum Gasteiger partial charge on any atom is -0.411 e. The van der Waals surface area contributed by atoms with Gasteiger partial charge in [-0.05, 0) is 37.8 Å². The van der Waals surface area contributed by atoms with E-state index in [1.165, 1.54) is 31.0 Å². The van der Waals surface area contributed by atoms with Gasteiger partial charge < -0.3 is 9.73 Å². The zero-order chi connectivity index (χ0) is 16.9. The molecule has 128 valence electrons. The monoisotopic (exact) mass is 345 g/mol. The van der Waals surface area contributed by atoms with Crippen LogP contribution in [-0.2, 0) is 4.79 Å². The van der Waals surface area contributed by atoms with E-state index in [0.717, 1.165) is 17.5 Å². The Balaban J connectivity index is 1.52. The first-order valence-electron chi connectivity index (χ1n) is 8.44. The van der Waals surface area contributed by atoms with E-state index in [1.807, 2.05) is 31.2 Å². The van der Waals surface area contributed by atoms with E-state index in [9.17, 15) is 4.79 Å². The third kappa shape index (κ3) is 4.38. The molecular weight excluding hydrogens is 322 g/mol. The molecule has 1 amide bonds. The zero-order valence-electron chi connectivity index (χ0n) is 14.1. The molecule has 0 bridgehead atoms. The molecule has 1 aliphatic rings. The smallest absolute Gasteiger partial charge is 0.277 e. The highest BCUT2D eigenvalue weighted by Gasteiger charge is 2.23. The molecule has 0 aliphatic heterocycles. The lowest BCUT2D eigenvalue weighted by molar-refractivity contribution is -0.119. The summed E-state index contributed by atoms with van der Waals surface area (Å²) in [5.74, 6) is 1.39. The van der Waals surface area contributed by atoms with Gasteiger partial charge in [-0.2, -0.15) is 0 Å². The van der Waals surface area contributed by atoms with Gasteiger partial charge in [0.1, 0.15) is 0 Å². The highest BCUT2D eigenvalue weighted by atomic mass is 32.2. The van der Waals surface area contributed by atoms with Crippen LogP contribution in [-0.4, -0.2) is 27.9 Å². The average molecular weight is 345 g/mol. The van der Waals surface area contributed by atoms with E-state index in [4.69, 9.17) is 4.42 Å². The van der Waals surface area contributed by atoms with Crippen molar-refractivity contribution in [2.24, 2.45) is 5.92 Å². The van der Waals surface area contributed by atoms with Crippen LogP contribution < -0.4 is 5.32 Å². The van der Waals surface area contributed by atoms with Crippen LogP contribution in [0.2, 0.25) is 0 Å². The molecule has 0 saturated heterocycles. The summed E-state index contributed by atoms with van der Waals surface area (Å²) in [5, 5.41) is 11.7. The number of nitrogens with zero attached hydrogens (tertiary/aromatic N) is 2. The summed E-state index contributed by atoms with van der Waals surface area (Å²) in [7, 11) is 0. The van der Waals surface area contributed by atoms with Crippen molar-refractivity contribution in [2.45, 2.75) is 50.8 Å². The first kappa shape index (κ1) is 17.0. The predicted molar refractivity (Wildman–Crippen MR) is 94.8 cm³/mol. The third-order valence-corrected chi connectivity index (χ3v) is 5.27. The number of carbonyl (C=O) groups is 1. The number of nitrogens with one attached hydrogen (secondary N) is 1. The maximum Gasteiger partial charge on any atom is 0.277 e. The normalized spacial score (nSPS) is 20.8. The lowest BCUT2D eigenvalue weighted by Crippen LogP contribution is -2.41. The van der Waals surface area contributed by atoms with Crippen LogP contribution in [0.15, 0.2) is 33.9 Å². The molecular formula is C18H23N3O2S. The lowest BCUT2D eigenvalue weighted by atomic mass is 9.86. The number of rotatable bonds is 5. The fourth-order valence-corrected chi connectivity index (χ4v) is 3.64. The molecule has 0 radical (unpaired) electrons. The number of thioether (sulfide) groups is 1. The van der Waals surface area contributed by atoms with Gasteiger partial charge in [-0.3, -0.25) is 4.79 Å². The lowest BCUT2D eigenvalue weighted by Gasteiger charge is -2.29. The molecule has 0 spiro atoms. The largest absolute Gasteiger partial charge is 0.411 e. The summed E-state index contributed by atoms with van der Waals surface area (Å²) in [5.41, 5.74) is 2.04. The summed E-state index contributed by atoms with van der Waals surface area (Å²) in [6.07, 6.45) is 4.75. The Kier molecular flexibility index (Phi) is 5.56. The Bertz CT molecular complexity index is 701. The van der Waals surface area contributed by atoms with E-state index in [1.54, 1.807) is 0 Å². The number of benzene rings is 1. The predicted octanol–water partition coefficient (Wildman–Crippen LogP) is 3.83. The van der Waals surface area contributed by atoms with E-state index in [2.05, 4.69) is 22.4 Å². The SMILES string of the molecule is Cc1cccc(-c2nnc(SCC(=O)N[C@H]3CCCC[C@H]3C)o2)c1. The van der Waals surface area contributed by atoms with Crippen molar-refractivity contribution in [3.05, 3.63) is 29.8 Å². The van der Waals surface area contributed by atoms with E-state index >= 15 is 0 Å². The Morgan fingerprint density at radius 2 is 2.17 bits per heavy atom. The minimum atomic E-state index is 0.0362. The fourth-order valence-electron chi connectivity index (χ4n) is 3.07. The molecule has 1 fully saturated rings.